The smallest absolute Gasteiger partial charge is 0.164 e. The average Bonchev–Trinajstić information content (AvgIpc) is 1.51. The normalized spacial score (nSPS) is 18.6. The van der Waals surface area contributed by atoms with Crippen molar-refractivity contribution in [2.75, 3.05) is 9.80 Å². The number of rotatable bonds is 9. The Hall–Kier alpha value is -13.8. The SMILES string of the molecule is CC1(C)c2ccccc2-c2ccc(-c3nc(-c4ccc(N5c6ccccc6C(C)(c6ccc7c(c6)-c6ccccc6C76c7ccccc7-c7ccc(-c8nc(-c9ccccc9)nc(-c9ccc(N%10c%11ccccc%11C(C)(C)c%11ccccc%11%10)cc9)n8)cc76)c6ccccc65)cc4)nc(-c4ccc5c(c4)C(C)(C)C4C=CC=CC54C)n3)cc21. The van der Waals surface area contributed by atoms with Crippen molar-refractivity contribution in [3.63, 3.8) is 0 Å². The lowest BCUT2D eigenvalue weighted by Gasteiger charge is -2.44. The fourth-order valence-electron chi connectivity index (χ4n) is 21.9. The van der Waals surface area contributed by atoms with Gasteiger partial charge in [-0.3, -0.25) is 0 Å². The molecular weight excluding hydrogens is 1420 g/mol. The van der Waals surface area contributed by atoms with Crippen LogP contribution in [0.5, 0.6) is 0 Å². The van der Waals surface area contributed by atoms with Gasteiger partial charge in [0.05, 0.1) is 28.2 Å². The first-order chi connectivity index (χ1) is 57.0. The second-order valence-corrected chi connectivity index (χ2v) is 34.8. The van der Waals surface area contributed by atoms with Gasteiger partial charge in [-0.1, -0.05) is 297 Å². The van der Waals surface area contributed by atoms with E-state index in [2.05, 4.69) is 405 Å². The number of hydrogen-bond donors (Lipinski definition) is 0. The lowest BCUT2D eigenvalue weighted by atomic mass is 9.66. The molecule has 8 nitrogen and oxygen atoms in total. The first-order valence-corrected chi connectivity index (χ1v) is 41.0. The lowest BCUT2D eigenvalue weighted by molar-refractivity contribution is 0.324. The molecule has 14 aromatic carbocycles. The standard InChI is InChI=1S/C109H82N8/c1-104(2)81-33-15-12-30-75(81)78-57-49-69(62-90(78)104)101-113-100(114-103(115-101)71-51-59-85-92(64-71)106(5,6)97-44-26-27-61-107(85,97)7)68-47-55-74(56-48-68)117-95-42-24-20-38-88(95)108(8,89-39-21-25-43-96(89)117)72-52-60-84-80(65-72)77-32-14-17-35-83(77)109(84)82-34-16-13-31-76(82)79-58-50-70(63-91(79)109)102-111-98(66-28-10-9-11-29-66)110-99(112-102)67-45-53-73(54-46-67)116-93-40-22-18-36-86(93)105(3,4)87-37-19-23-41-94(87)116/h9-65,97H,1-8H3. The maximum Gasteiger partial charge on any atom is 0.164 e. The van der Waals surface area contributed by atoms with Crippen molar-refractivity contribution in [3.8, 4) is 102 Å². The third kappa shape index (κ3) is 9.70. The van der Waals surface area contributed by atoms with Crippen LogP contribution in [0, 0.1) is 5.92 Å². The van der Waals surface area contributed by atoms with Gasteiger partial charge in [0.2, 0.25) is 0 Å². The molecule has 16 aromatic rings. The fourth-order valence-corrected chi connectivity index (χ4v) is 21.9. The van der Waals surface area contributed by atoms with E-state index in [4.69, 9.17) is 29.9 Å². The Bertz CT molecular complexity index is 6890. The maximum absolute atomic E-state index is 5.47. The first-order valence-electron chi connectivity index (χ1n) is 41.0. The summed E-state index contributed by atoms with van der Waals surface area (Å²) < 4.78 is 0. The molecule has 7 aliphatic rings. The summed E-state index contributed by atoms with van der Waals surface area (Å²) in [5.41, 5.74) is 34.3. The lowest BCUT2D eigenvalue weighted by Crippen LogP contribution is -2.34. The summed E-state index contributed by atoms with van der Waals surface area (Å²) >= 11 is 0. The second-order valence-electron chi connectivity index (χ2n) is 34.8. The topological polar surface area (TPSA) is 83.8 Å². The molecule has 2 aromatic heterocycles. The number of anilines is 6. The molecule has 1 spiro atoms. The van der Waals surface area contributed by atoms with Crippen LogP contribution < -0.4 is 9.80 Å². The highest BCUT2D eigenvalue weighted by Crippen LogP contribution is 2.66. The van der Waals surface area contributed by atoms with Crippen molar-refractivity contribution < 1.29 is 0 Å². The van der Waals surface area contributed by atoms with E-state index >= 15 is 0 Å². The minimum absolute atomic E-state index is 0.108. The van der Waals surface area contributed by atoms with Gasteiger partial charge in [0.15, 0.2) is 34.9 Å². The van der Waals surface area contributed by atoms with Gasteiger partial charge in [0, 0.05) is 66.4 Å². The molecule has 0 saturated heterocycles. The quantitative estimate of drug-likeness (QED) is 0.141. The van der Waals surface area contributed by atoms with Crippen LogP contribution in [0.4, 0.5) is 34.1 Å². The molecule has 8 heteroatoms. The predicted octanol–water partition coefficient (Wildman–Crippen LogP) is 26.2. The van der Waals surface area contributed by atoms with Crippen LogP contribution in [0.3, 0.4) is 0 Å². The molecule has 5 aliphatic carbocycles. The average molecular weight is 1500 g/mol. The molecule has 4 heterocycles. The minimum Gasteiger partial charge on any atom is -0.310 e. The van der Waals surface area contributed by atoms with Crippen LogP contribution in [0.15, 0.2) is 346 Å². The van der Waals surface area contributed by atoms with E-state index in [1.807, 2.05) is 6.07 Å². The van der Waals surface area contributed by atoms with Crippen LogP contribution >= 0.6 is 0 Å². The van der Waals surface area contributed by atoms with Crippen molar-refractivity contribution in [3.05, 3.63) is 418 Å². The fraction of sp³-hybridized carbons (Fsp3) is 0.138. The molecule has 0 amide bonds. The van der Waals surface area contributed by atoms with E-state index in [0.717, 1.165) is 56.1 Å². The van der Waals surface area contributed by atoms with Crippen molar-refractivity contribution in [1.29, 1.82) is 0 Å². The molecular formula is C109H82N8. The molecule has 2 aliphatic heterocycles. The Morgan fingerprint density at radius 2 is 0.598 bits per heavy atom. The zero-order valence-electron chi connectivity index (χ0n) is 66.6. The number of allylic oxidation sites excluding steroid dienone is 4. The van der Waals surface area contributed by atoms with Gasteiger partial charge >= 0.3 is 0 Å². The molecule has 0 fully saturated rings. The largest absolute Gasteiger partial charge is 0.310 e. The number of hydrogen-bond acceptors (Lipinski definition) is 8. The van der Waals surface area contributed by atoms with Crippen molar-refractivity contribution in [1.82, 2.24) is 29.9 Å². The molecule has 558 valence electrons. The number of fused-ring (bicyclic) bond motifs is 20. The monoisotopic (exact) mass is 1500 g/mol. The van der Waals surface area contributed by atoms with E-state index < -0.39 is 10.8 Å². The highest BCUT2D eigenvalue weighted by molar-refractivity contribution is 5.98. The summed E-state index contributed by atoms with van der Waals surface area (Å²) in [7, 11) is 0. The third-order valence-corrected chi connectivity index (χ3v) is 27.7. The molecule has 117 heavy (non-hydrogen) atoms. The van der Waals surface area contributed by atoms with Gasteiger partial charge in [-0.15, -0.1) is 0 Å². The van der Waals surface area contributed by atoms with Crippen LogP contribution in [-0.4, -0.2) is 29.9 Å². The minimum atomic E-state index is -0.671. The first kappa shape index (κ1) is 68.7. The van der Waals surface area contributed by atoms with E-state index in [9.17, 15) is 0 Å². The van der Waals surface area contributed by atoms with E-state index in [1.54, 1.807) is 0 Å². The van der Waals surface area contributed by atoms with Gasteiger partial charge in [0.25, 0.3) is 0 Å². The summed E-state index contributed by atoms with van der Waals surface area (Å²) in [5.74, 6) is 4.08. The molecule has 23 rings (SSSR count). The van der Waals surface area contributed by atoms with E-state index in [-0.39, 0.29) is 21.7 Å². The number of nitrogens with zero attached hydrogens (tertiary/aromatic N) is 8. The Kier molecular flexibility index (Phi) is 14.6. The molecule has 0 radical (unpaired) electrons. The zero-order chi connectivity index (χ0) is 78.6. The molecule has 0 saturated carbocycles. The zero-order valence-corrected chi connectivity index (χ0v) is 66.6. The van der Waals surface area contributed by atoms with Crippen LogP contribution in [-0.2, 0) is 32.5 Å². The molecule has 0 N–H and O–H groups in total. The summed E-state index contributed by atoms with van der Waals surface area (Å²) in [6.45, 7) is 18.9. The van der Waals surface area contributed by atoms with Gasteiger partial charge in [-0.25, -0.2) is 29.9 Å². The predicted molar refractivity (Wildman–Crippen MR) is 475 cm³/mol. The highest BCUT2D eigenvalue weighted by atomic mass is 15.2. The summed E-state index contributed by atoms with van der Waals surface area (Å²) in [6.07, 6.45) is 9.20. The Morgan fingerprint density at radius 1 is 0.248 bits per heavy atom. The Labute approximate surface area is 683 Å². The number of benzene rings is 14. The third-order valence-electron chi connectivity index (χ3n) is 27.7. The molecule has 3 atom stereocenters. The van der Waals surface area contributed by atoms with Crippen molar-refractivity contribution in [2.24, 2.45) is 5.92 Å². The Morgan fingerprint density at radius 3 is 1.12 bits per heavy atom. The van der Waals surface area contributed by atoms with Gasteiger partial charge in [-0.2, -0.15) is 0 Å². The summed E-state index contributed by atoms with van der Waals surface area (Å²) in [6, 6.07) is 119. The Balaban J connectivity index is 0.617. The molecule has 3 unspecified atom stereocenters. The van der Waals surface area contributed by atoms with Crippen LogP contribution in [0.25, 0.3) is 102 Å². The van der Waals surface area contributed by atoms with E-state index in [1.165, 1.54) is 117 Å². The summed E-state index contributed by atoms with van der Waals surface area (Å²) in [5, 5.41) is 0. The second kappa shape index (κ2) is 24.8. The molecule has 0 bridgehead atoms. The van der Waals surface area contributed by atoms with Gasteiger partial charge in [0.1, 0.15) is 0 Å². The van der Waals surface area contributed by atoms with Crippen molar-refractivity contribution in [2.45, 2.75) is 87.9 Å². The van der Waals surface area contributed by atoms with Crippen molar-refractivity contribution >= 4 is 34.1 Å². The number of para-hydroxylation sites is 4. The van der Waals surface area contributed by atoms with E-state index in [0.29, 0.717) is 40.9 Å². The van der Waals surface area contributed by atoms with Crippen LogP contribution in [0.1, 0.15) is 128 Å². The van der Waals surface area contributed by atoms with Gasteiger partial charge < -0.3 is 9.80 Å². The summed E-state index contributed by atoms with van der Waals surface area (Å²) in [4.78, 5) is 37.3. The maximum atomic E-state index is 5.47. The highest BCUT2D eigenvalue weighted by Gasteiger charge is 2.55. The van der Waals surface area contributed by atoms with Gasteiger partial charge in [-0.05, 0) is 221 Å². The number of aromatic nitrogens is 6. The van der Waals surface area contributed by atoms with Crippen LogP contribution in [0.2, 0.25) is 0 Å².